The number of rotatable bonds is 2. The van der Waals surface area contributed by atoms with Gasteiger partial charge >= 0.3 is 5.69 Å². The Labute approximate surface area is 93.9 Å². The van der Waals surface area contributed by atoms with Crippen LogP contribution >= 0.6 is 0 Å². The lowest BCUT2D eigenvalue weighted by Gasteiger charge is -2.14. The Hall–Kier alpha value is -1.55. The van der Waals surface area contributed by atoms with Crippen LogP contribution in [-0.2, 0) is 4.74 Å². The highest BCUT2D eigenvalue weighted by molar-refractivity contribution is 4.88. The second-order valence-corrected chi connectivity index (χ2v) is 3.61. The molecule has 1 aliphatic heterocycles. The molecule has 17 heavy (non-hydrogen) atoms. The van der Waals surface area contributed by atoms with E-state index in [-0.39, 0.29) is 0 Å². The van der Waals surface area contributed by atoms with Crippen molar-refractivity contribution in [1.82, 2.24) is 14.8 Å². The van der Waals surface area contributed by atoms with Crippen molar-refractivity contribution in [3.63, 3.8) is 0 Å². The Morgan fingerprint density at radius 3 is 2.65 bits per heavy atom. The summed E-state index contributed by atoms with van der Waals surface area (Å²) in [6, 6.07) is 0. The summed E-state index contributed by atoms with van der Waals surface area (Å²) in [5.41, 5.74) is -1.55. The van der Waals surface area contributed by atoms with Gasteiger partial charge in [-0.15, -0.1) is 0 Å². The second-order valence-electron chi connectivity index (χ2n) is 3.61. The summed E-state index contributed by atoms with van der Waals surface area (Å²) in [7, 11) is 0. The maximum absolute atomic E-state index is 11.4. The zero-order chi connectivity index (χ0) is 12.6. The highest BCUT2D eigenvalue weighted by Crippen LogP contribution is 2.27. The van der Waals surface area contributed by atoms with Crippen LogP contribution in [0, 0.1) is 0 Å². The van der Waals surface area contributed by atoms with Crippen molar-refractivity contribution in [3.8, 4) is 0 Å². The third-order valence-corrected chi connectivity index (χ3v) is 2.50. The average Bonchev–Trinajstić information content (AvgIpc) is 2.57. The molecule has 1 aliphatic rings. The van der Waals surface area contributed by atoms with E-state index in [1.54, 1.807) is 0 Å². The first kappa shape index (κ1) is 11.9. The number of ether oxygens (including phenoxy) is 1. The van der Waals surface area contributed by atoms with Crippen molar-refractivity contribution in [3.05, 3.63) is 27.0 Å². The number of H-pyrrole nitrogens is 1. The van der Waals surface area contributed by atoms with Crippen LogP contribution in [0.5, 0.6) is 0 Å². The van der Waals surface area contributed by atoms with Crippen molar-refractivity contribution in [2.24, 2.45) is 0 Å². The normalized spacial score (nSPS) is 32.9. The molecule has 1 aromatic rings. The summed E-state index contributed by atoms with van der Waals surface area (Å²) in [6.07, 6.45) is -4.15. The number of nitrogens with zero attached hydrogens (tertiary/aromatic N) is 2. The SMILES string of the molecule is O=c1cnn([C@H]2O[C@@H](CO)C(O)C2O)c(=O)[nH]1. The van der Waals surface area contributed by atoms with Crippen LogP contribution in [0.15, 0.2) is 15.8 Å². The number of hydrogen-bond acceptors (Lipinski definition) is 7. The number of hydrogen-bond donors (Lipinski definition) is 4. The molecule has 4 N–H and O–H groups in total. The molecule has 0 aliphatic carbocycles. The first-order valence-electron chi connectivity index (χ1n) is 4.85. The van der Waals surface area contributed by atoms with Crippen LogP contribution in [0.2, 0.25) is 0 Å². The van der Waals surface area contributed by atoms with E-state index in [0.29, 0.717) is 4.68 Å². The summed E-state index contributed by atoms with van der Waals surface area (Å²) in [5.74, 6) is 0. The lowest BCUT2D eigenvalue weighted by molar-refractivity contribution is -0.0618. The van der Waals surface area contributed by atoms with Crippen LogP contribution in [0.1, 0.15) is 6.23 Å². The molecule has 1 saturated heterocycles. The zero-order valence-electron chi connectivity index (χ0n) is 8.55. The third-order valence-electron chi connectivity index (χ3n) is 2.50. The average molecular weight is 245 g/mol. The first-order chi connectivity index (χ1) is 8.04. The van der Waals surface area contributed by atoms with Gasteiger partial charge in [-0.25, -0.2) is 4.79 Å². The second kappa shape index (κ2) is 4.37. The molecule has 2 unspecified atom stereocenters. The predicted octanol–water partition coefficient (Wildman–Crippen LogP) is -3.46. The number of aliphatic hydroxyl groups is 3. The van der Waals surface area contributed by atoms with E-state index in [9.17, 15) is 19.8 Å². The Kier molecular flexibility index (Phi) is 3.07. The first-order valence-corrected chi connectivity index (χ1v) is 4.85. The van der Waals surface area contributed by atoms with Gasteiger partial charge in [-0.3, -0.25) is 9.78 Å². The zero-order valence-corrected chi connectivity index (χ0v) is 8.55. The van der Waals surface area contributed by atoms with Crippen LogP contribution < -0.4 is 11.2 Å². The molecular formula is C8H11N3O6. The van der Waals surface area contributed by atoms with Gasteiger partial charge in [0.25, 0.3) is 5.56 Å². The number of aromatic amines is 1. The minimum Gasteiger partial charge on any atom is -0.394 e. The van der Waals surface area contributed by atoms with Crippen molar-refractivity contribution in [1.29, 1.82) is 0 Å². The number of aliphatic hydroxyl groups excluding tert-OH is 3. The molecule has 0 aromatic carbocycles. The van der Waals surface area contributed by atoms with Crippen molar-refractivity contribution in [2.75, 3.05) is 6.61 Å². The molecule has 0 bridgehead atoms. The van der Waals surface area contributed by atoms with E-state index in [1.807, 2.05) is 4.98 Å². The highest BCUT2D eigenvalue weighted by atomic mass is 16.6. The predicted molar refractivity (Wildman–Crippen MR) is 52.1 cm³/mol. The minimum absolute atomic E-state index is 0.507. The quantitative estimate of drug-likeness (QED) is 0.425. The van der Waals surface area contributed by atoms with Crippen molar-refractivity contribution < 1.29 is 20.1 Å². The summed E-state index contributed by atoms with van der Waals surface area (Å²) in [6.45, 7) is -0.507. The fourth-order valence-corrected chi connectivity index (χ4v) is 1.63. The van der Waals surface area contributed by atoms with Gasteiger partial charge in [0.15, 0.2) is 6.23 Å². The number of aromatic nitrogens is 3. The van der Waals surface area contributed by atoms with Gasteiger partial charge in [0.05, 0.1) is 6.61 Å². The van der Waals surface area contributed by atoms with E-state index in [1.165, 1.54) is 0 Å². The van der Waals surface area contributed by atoms with Gasteiger partial charge in [0.2, 0.25) is 0 Å². The van der Waals surface area contributed by atoms with Gasteiger partial charge < -0.3 is 20.1 Å². The molecule has 1 aromatic heterocycles. The Balaban J connectivity index is 2.35. The number of nitrogens with one attached hydrogen (secondary N) is 1. The Morgan fingerprint density at radius 2 is 2.12 bits per heavy atom. The van der Waals surface area contributed by atoms with Gasteiger partial charge in [-0.2, -0.15) is 9.78 Å². The van der Waals surface area contributed by atoms with Crippen LogP contribution in [0.25, 0.3) is 0 Å². The van der Waals surface area contributed by atoms with Gasteiger partial charge in [-0.1, -0.05) is 0 Å². The Bertz CT molecular complexity index is 510. The van der Waals surface area contributed by atoms with E-state index < -0.39 is 42.4 Å². The lowest BCUT2D eigenvalue weighted by atomic mass is 10.1. The Morgan fingerprint density at radius 1 is 1.41 bits per heavy atom. The van der Waals surface area contributed by atoms with Gasteiger partial charge in [-0.05, 0) is 0 Å². The largest absolute Gasteiger partial charge is 0.394 e. The van der Waals surface area contributed by atoms with Crippen molar-refractivity contribution in [2.45, 2.75) is 24.5 Å². The molecule has 2 rings (SSSR count). The fourth-order valence-electron chi connectivity index (χ4n) is 1.63. The van der Waals surface area contributed by atoms with Gasteiger partial charge in [0, 0.05) is 0 Å². The van der Waals surface area contributed by atoms with Crippen LogP contribution in [0.3, 0.4) is 0 Å². The maximum atomic E-state index is 11.4. The van der Waals surface area contributed by atoms with E-state index >= 15 is 0 Å². The van der Waals surface area contributed by atoms with Crippen LogP contribution in [-0.4, -0.2) is 55.0 Å². The highest BCUT2D eigenvalue weighted by Gasteiger charge is 2.44. The van der Waals surface area contributed by atoms with Crippen molar-refractivity contribution >= 4 is 0 Å². The van der Waals surface area contributed by atoms with E-state index in [2.05, 4.69) is 5.10 Å². The molecule has 0 radical (unpaired) electrons. The van der Waals surface area contributed by atoms with E-state index in [0.717, 1.165) is 6.20 Å². The summed E-state index contributed by atoms with van der Waals surface area (Å²) < 4.78 is 5.77. The molecular weight excluding hydrogens is 234 g/mol. The molecule has 9 heteroatoms. The molecule has 1 fully saturated rings. The maximum Gasteiger partial charge on any atom is 0.347 e. The monoisotopic (exact) mass is 245 g/mol. The summed E-state index contributed by atoms with van der Waals surface area (Å²) in [5, 5.41) is 31.5. The molecule has 0 saturated carbocycles. The molecule has 4 atom stereocenters. The fraction of sp³-hybridized carbons (Fsp3) is 0.625. The smallest absolute Gasteiger partial charge is 0.347 e. The summed E-state index contributed by atoms with van der Waals surface area (Å²) >= 11 is 0. The molecule has 0 amide bonds. The minimum atomic E-state index is -1.41. The molecule has 0 spiro atoms. The van der Waals surface area contributed by atoms with E-state index in [4.69, 9.17) is 9.84 Å². The third kappa shape index (κ3) is 2.00. The lowest BCUT2D eigenvalue weighted by Crippen LogP contribution is -2.39. The van der Waals surface area contributed by atoms with Gasteiger partial charge in [0.1, 0.15) is 24.5 Å². The molecule has 9 nitrogen and oxygen atoms in total. The topological polar surface area (TPSA) is 138 Å². The van der Waals surface area contributed by atoms with Crippen LogP contribution in [0.4, 0.5) is 0 Å². The molecule has 2 heterocycles. The summed E-state index contributed by atoms with van der Waals surface area (Å²) in [4.78, 5) is 24.1. The standard InChI is InChI=1S/C8H11N3O6/c12-2-3-5(14)6(15)7(17-3)11-8(16)10-4(13)1-9-11/h1,3,5-7,12,14-15H,2H2,(H,10,13,16)/t3-,5?,6?,7-/m0/s1. The molecule has 94 valence electrons.